The Kier molecular flexibility index (Phi) is 10.0. The average molecular weight is 202 g/mol. The van der Waals surface area contributed by atoms with Crippen molar-refractivity contribution in [3.05, 3.63) is 0 Å². The Morgan fingerprint density at radius 3 is 2.71 bits per heavy atom. The van der Waals surface area contributed by atoms with Gasteiger partial charge >= 0.3 is 0 Å². The molecule has 0 spiro atoms. The number of likely N-dealkylation sites (N-methyl/N-ethyl adjacent to an activating group) is 1. The third kappa shape index (κ3) is 9.48. The zero-order valence-electron chi connectivity index (χ0n) is 9.27. The Hall–Kier alpha value is -0.610. The number of hydrogen-bond acceptors (Lipinski definition) is 3. The average Bonchev–Trinajstić information content (AvgIpc) is 2.19. The van der Waals surface area contributed by atoms with Gasteiger partial charge in [-0.05, 0) is 19.9 Å². The summed E-state index contributed by atoms with van der Waals surface area (Å²) in [7, 11) is 0. The van der Waals surface area contributed by atoms with Crippen molar-refractivity contribution in [2.45, 2.75) is 26.7 Å². The number of ether oxygens (including phenoxy) is 1. The second-order valence-corrected chi connectivity index (χ2v) is 3.00. The predicted octanol–water partition coefficient (Wildman–Crippen LogP) is 0.529. The highest BCUT2D eigenvalue weighted by atomic mass is 16.5. The largest absolute Gasteiger partial charge is 0.382 e. The molecule has 4 nitrogen and oxygen atoms in total. The first-order chi connectivity index (χ1) is 6.81. The van der Waals surface area contributed by atoms with Crippen LogP contribution in [0.4, 0.5) is 0 Å². The lowest BCUT2D eigenvalue weighted by Crippen LogP contribution is -2.31. The Bertz CT molecular complexity index is 126. The van der Waals surface area contributed by atoms with E-state index >= 15 is 0 Å². The molecule has 0 unspecified atom stereocenters. The van der Waals surface area contributed by atoms with Gasteiger partial charge < -0.3 is 15.4 Å². The minimum atomic E-state index is 0.114. The maximum Gasteiger partial charge on any atom is 0.220 e. The summed E-state index contributed by atoms with van der Waals surface area (Å²) in [5, 5.41) is 5.98. The van der Waals surface area contributed by atoms with E-state index in [2.05, 4.69) is 10.6 Å². The molecule has 0 bridgehead atoms. The van der Waals surface area contributed by atoms with Crippen LogP contribution >= 0.6 is 0 Å². The van der Waals surface area contributed by atoms with Gasteiger partial charge in [-0.3, -0.25) is 4.79 Å². The lowest BCUT2D eigenvalue weighted by Gasteiger charge is -2.05. The Morgan fingerprint density at radius 2 is 2.07 bits per heavy atom. The molecule has 4 heteroatoms. The van der Waals surface area contributed by atoms with Crippen LogP contribution in [0, 0.1) is 0 Å². The van der Waals surface area contributed by atoms with Gasteiger partial charge in [0.1, 0.15) is 0 Å². The predicted molar refractivity (Wildman–Crippen MR) is 57.3 cm³/mol. The molecule has 0 saturated carbocycles. The van der Waals surface area contributed by atoms with Gasteiger partial charge in [-0.25, -0.2) is 0 Å². The lowest BCUT2D eigenvalue weighted by atomic mass is 10.3. The number of nitrogens with one attached hydrogen (secondary N) is 2. The minimum absolute atomic E-state index is 0.114. The zero-order valence-corrected chi connectivity index (χ0v) is 9.27. The molecule has 14 heavy (non-hydrogen) atoms. The standard InChI is InChI=1S/C10H22N2O2/c1-3-11-7-8-12-10(13)6-5-9-14-4-2/h11H,3-9H2,1-2H3,(H,12,13). The molecule has 0 aromatic rings. The van der Waals surface area contributed by atoms with Crippen molar-refractivity contribution in [3.8, 4) is 0 Å². The van der Waals surface area contributed by atoms with Crippen LogP contribution < -0.4 is 10.6 Å². The second kappa shape index (κ2) is 10.5. The van der Waals surface area contributed by atoms with E-state index in [1.807, 2.05) is 13.8 Å². The Morgan fingerprint density at radius 1 is 1.29 bits per heavy atom. The van der Waals surface area contributed by atoms with Crippen molar-refractivity contribution >= 4 is 5.91 Å². The van der Waals surface area contributed by atoms with Gasteiger partial charge in [0.15, 0.2) is 0 Å². The summed E-state index contributed by atoms with van der Waals surface area (Å²) in [6.45, 7) is 7.90. The van der Waals surface area contributed by atoms with Gasteiger partial charge in [0.25, 0.3) is 0 Å². The van der Waals surface area contributed by atoms with Gasteiger partial charge in [0, 0.05) is 32.7 Å². The van der Waals surface area contributed by atoms with Gasteiger partial charge in [-0.15, -0.1) is 0 Å². The van der Waals surface area contributed by atoms with Gasteiger partial charge in [-0.1, -0.05) is 6.92 Å². The molecule has 0 atom stereocenters. The number of hydrogen-bond donors (Lipinski definition) is 2. The highest BCUT2D eigenvalue weighted by molar-refractivity contribution is 5.75. The first-order valence-electron chi connectivity index (χ1n) is 5.36. The maximum absolute atomic E-state index is 11.2. The van der Waals surface area contributed by atoms with Gasteiger partial charge in [-0.2, -0.15) is 0 Å². The van der Waals surface area contributed by atoms with E-state index in [4.69, 9.17) is 4.74 Å². The zero-order chi connectivity index (χ0) is 10.6. The van der Waals surface area contributed by atoms with Crippen LogP contribution in [0.25, 0.3) is 0 Å². The summed E-state index contributed by atoms with van der Waals surface area (Å²) in [5.74, 6) is 0.114. The first kappa shape index (κ1) is 13.4. The second-order valence-electron chi connectivity index (χ2n) is 3.00. The highest BCUT2D eigenvalue weighted by Gasteiger charge is 1.99. The van der Waals surface area contributed by atoms with Crippen LogP contribution in [-0.2, 0) is 9.53 Å². The molecular formula is C10H22N2O2. The molecule has 84 valence electrons. The normalized spacial score (nSPS) is 10.1. The molecule has 2 N–H and O–H groups in total. The summed E-state index contributed by atoms with van der Waals surface area (Å²) < 4.78 is 5.13. The van der Waals surface area contributed by atoms with E-state index in [0.29, 0.717) is 19.6 Å². The van der Waals surface area contributed by atoms with E-state index in [9.17, 15) is 4.79 Å². The molecule has 0 aliphatic carbocycles. The summed E-state index contributed by atoms with van der Waals surface area (Å²) in [4.78, 5) is 11.2. The molecule has 0 aromatic carbocycles. The minimum Gasteiger partial charge on any atom is -0.382 e. The van der Waals surface area contributed by atoms with E-state index in [1.54, 1.807) is 0 Å². The maximum atomic E-state index is 11.2. The molecule has 1 amide bonds. The quantitative estimate of drug-likeness (QED) is 0.536. The fourth-order valence-corrected chi connectivity index (χ4v) is 1.03. The topological polar surface area (TPSA) is 50.4 Å². The number of carbonyl (C=O) groups is 1. The fourth-order valence-electron chi connectivity index (χ4n) is 1.03. The summed E-state index contributed by atoms with van der Waals surface area (Å²) in [6.07, 6.45) is 1.37. The molecular weight excluding hydrogens is 180 g/mol. The van der Waals surface area contributed by atoms with Gasteiger partial charge in [0.05, 0.1) is 0 Å². The third-order valence-electron chi connectivity index (χ3n) is 1.77. The highest BCUT2D eigenvalue weighted by Crippen LogP contribution is 1.89. The number of amides is 1. The van der Waals surface area contributed by atoms with Crippen LogP contribution in [0.3, 0.4) is 0 Å². The number of rotatable bonds is 9. The summed E-state index contributed by atoms with van der Waals surface area (Å²) >= 11 is 0. The molecule has 0 radical (unpaired) electrons. The molecule has 0 heterocycles. The van der Waals surface area contributed by atoms with Crippen molar-refractivity contribution in [2.75, 3.05) is 32.8 Å². The van der Waals surface area contributed by atoms with E-state index in [1.165, 1.54) is 0 Å². The molecule has 0 aliphatic rings. The van der Waals surface area contributed by atoms with Crippen LogP contribution in [-0.4, -0.2) is 38.8 Å². The van der Waals surface area contributed by atoms with Crippen LogP contribution in [0.1, 0.15) is 26.7 Å². The smallest absolute Gasteiger partial charge is 0.220 e. The van der Waals surface area contributed by atoms with Crippen LogP contribution in [0.15, 0.2) is 0 Å². The monoisotopic (exact) mass is 202 g/mol. The number of carbonyl (C=O) groups excluding carboxylic acids is 1. The van der Waals surface area contributed by atoms with Crippen LogP contribution in [0.5, 0.6) is 0 Å². The fraction of sp³-hybridized carbons (Fsp3) is 0.900. The molecule has 0 aromatic heterocycles. The van der Waals surface area contributed by atoms with Crippen molar-refractivity contribution in [1.82, 2.24) is 10.6 Å². The molecule has 0 rings (SSSR count). The van der Waals surface area contributed by atoms with E-state index in [0.717, 1.165) is 26.1 Å². The van der Waals surface area contributed by atoms with Crippen LogP contribution in [0.2, 0.25) is 0 Å². The summed E-state index contributed by atoms with van der Waals surface area (Å²) in [6, 6.07) is 0. The Labute approximate surface area is 86.4 Å². The van der Waals surface area contributed by atoms with Crippen molar-refractivity contribution in [2.24, 2.45) is 0 Å². The van der Waals surface area contributed by atoms with Crippen molar-refractivity contribution in [1.29, 1.82) is 0 Å². The SMILES string of the molecule is CCNCCNC(=O)CCCOCC. The molecule has 0 saturated heterocycles. The molecule has 0 aliphatic heterocycles. The Balaban J connectivity index is 3.11. The van der Waals surface area contributed by atoms with Crippen molar-refractivity contribution in [3.63, 3.8) is 0 Å². The summed E-state index contributed by atoms with van der Waals surface area (Å²) in [5.41, 5.74) is 0. The molecule has 0 fully saturated rings. The van der Waals surface area contributed by atoms with Crippen molar-refractivity contribution < 1.29 is 9.53 Å². The lowest BCUT2D eigenvalue weighted by molar-refractivity contribution is -0.121. The third-order valence-corrected chi connectivity index (χ3v) is 1.77. The first-order valence-corrected chi connectivity index (χ1v) is 5.36. The van der Waals surface area contributed by atoms with Gasteiger partial charge in [0.2, 0.25) is 5.91 Å². The van der Waals surface area contributed by atoms with E-state index in [-0.39, 0.29) is 5.91 Å². The van der Waals surface area contributed by atoms with E-state index < -0.39 is 0 Å².